The van der Waals surface area contributed by atoms with E-state index in [0.29, 0.717) is 11.3 Å². The number of hydrogen-bond acceptors (Lipinski definition) is 3. The Morgan fingerprint density at radius 2 is 1.71 bits per heavy atom. The maximum Gasteiger partial charge on any atom is 0.416 e. The second kappa shape index (κ2) is 6.15. The number of hydrogen-bond donors (Lipinski definition) is 2. The molecule has 0 fully saturated rings. The van der Waals surface area contributed by atoms with Gasteiger partial charge in [0.25, 0.3) is 0 Å². The molecule has 0 saturated carbocycles. The number of alkyl halides is 3. The van der Waals surface area contributed by atoms with Crippen LogP contribution in [0.25, 0.3) is 0 Å². The summed E-state index contributed by atoms with van der Waals surface area (Å²) in [5, 5.41) is 8.94. The van der Waals surface area contributed by atoms with Crippen LogP contribution < -0.4 is 10.5 Å². The molecule has 112 valence electrons. The minimum atomic E-state index is -4.41. The van der Waals surface area contributed by atoms with E-state index in [1.165, 1.54) is 6.07 Å². The maximum absolute atomic E-state index is 12.6. The molecule has 0 aromatic heterocycles. The second-order valence-electron chi connectivity index (χ2n) is 4.43. The first-order valence-electron chi connectivity index (χ1n) is 6.22. The zero-order valence-corrected chi connectivity index (χ0v) is 11.0. The van der Waals surface area contributed by atoms with Crippen molar-refractivity contribution in [3.8, 4) is 11.5 Å². The molecule has 0 saturated heterocycles. The molecule has 3 N–H and O–H groups in total. The van der Waals surface area contributed by atoms with Crippen LogP contribution in [-0.2, 0) is 19.3 Å². The Labute approximate surface area is 119 Å². The standard InChI is InChI=1S/C15H14F3NO2/c16-15(17,18)12-3-6-14(11(7-12)8-19)21-13-4-1-10(9-20)2-5-13/h1-7,20H,8-9,19H2. The summed E-state index contributed by atoms with van der Waals surface area (Å²) in [7, 11) is 0. The molecular weight excluding hydrogens is 283 g/mol. The summed E-state index contributed by atoms with van der Waals surface area (Å²) in [6, 6.07) is 9.79. The molecule has 0 spiro atoms. The smallest absolute Gasteiger partial charge is 0.416 e. The lowest BCUT2D eigenvalue weighted by molar-refractivity contribution is -0.137. The van der Waals surface area contributed by atoms with E-state index in [1.54, 1.807) is 24.3 Å². The molecule has 0 heterocycles. The van der Waals surface area contributed by atoms with Gasteiger partial charge in [-0.25, -0.2) is 0 Å². The van der Waals surface area contributed by atoms with E-state index in [2.05, 4.69) is 0 Å². The molecule has 0 aliphatic rings. The topological polar surface area (TPSA) is 55.5 Å². The lowest BCUT2D eigenvalue weighted by Crippen LogP contribution is -2.08. The summed E-state index contributed by atoms with van der Waals surface area (Å²) in [4.78, 5) is 0. The number of ether oxygens (including phenoxy) is 1. The summed E-state index contributed by atoms with van der Waals surface area (Å²) in [5.74, 6) is 0.740. The van der Waals surface area contributed by atoms with Crippen LogP contribution in [0, 0.1) is 0 Å². The number of rotatable bonds is 4. The quantitative estimate of drug-likeness (QED) is 0.908. The van der Waals surface area contributed by atoms with Crippen molar-refractivity contribution in [1.29, 1.82) is 0 Å². The van der Waals surface area contributed by atoms with Gasteiger partial charge in [0, 0.05) is 12.1 Å². The summed E-state index contributed by atoms with van der Waals surface area (Å²) in [6.45, 7) is -0.150. The van der Waals surface area contributed by atoms with Gasteiger partial charge < -0.3 is 15.6 Å². The Morgan fingerprint density at radius 3 is 2.24 bits per heavy atom. The van der Waals surface area contributed by atoms with Crippen LogP contribution in [0.3, 0.4) is 0 Å². The monoisotopic (exact) mass is 297 g/mol. The molecule has 0 aliphatic carbocycles. The van der Waals surface area contributed by atoms with Crippen molar-refractivity contribution in [2.45, 2.75) is 19.3 Å². The van der Waals surface area contributed by atoms with Crippen LogP contribution in [0.5, 0.6) is 11.5 Å². The highest BCUT2D eigenvalue weighted by atomic mass is 19.4. The minimum Gasteiger partial charge on any atom is -0.457 e. The molecule has 6 heteroatoms. The second-order valence-corrected chi connectivity index (χ2v) is 4.43. The zero-order chi connectivity index (χ0) is 15.5. The average molecular weight is 297 g/mol. The van der Waals surface area contributed by atoms with Crippen molar-refractivity contribution in [2.24, 2.45) is 5.73 Å². The number of benzene rings is 2. The van der Waals surface area contributed by atoms with Gasteiger partial charge in [-0.2, -0.15) is 13.2 Å². The van der Waals surface area contributed by atoms with Gasteiger partial charge in [-0.3, -0.25) is 0 Å². The van der Waals surface area contributed by atoms with Crippen LogP contribution in [0.2, 0.25) is 0 Å². The first-order chi connectivity index (χ1) is 9.94. The van der Waals surface area contributed by atoms with E-state index < -0.39 is 11.7 Å². The van der Waals surface area contributed by atoms with Crippen molar-refractivity contribution < 1.29 is 23.0 Å². The third kappa shape index (κ3) is 3.74. The van der Waals surface area contributed by atoms with E-state index >= 15 is 0 Å². The van der Waals surface area contributed by atoms with Gasteiger partial charge in [-0.05, 0) is 35.9 Å². The van der Waals surface area contributed by atoms with Crippen molar-refractivity contribution in [3.05, 3.63) is 59.2 Å². The van der Waals surface area contributed by atoms with Gasteiger partial charge >= 0.3 is 6.18 Å². The maximum atomic E-state index is 12.6. The molecule has 3 nitrogen and oxygen atoms in total. The summed E-state index contributed by atoms with van der Waals surface area (Å²) < 4.78 is 43.5. The molecule has 0 atom stereocenters. The average Bonchev–Trinajstić information content (AvgIpc) is 2.47. The van der Waals surface area contributed by atoms with Crippen LogP contribution in [0.1, 0.15) is 16.7 Å². The molecule has 0 bridgehead atoms. The fraction of sp³-hybridized carbons (Fsp3) is 0.200. The normalized spacial score (nSPS) is 11.5. The van der Waals surface area contributed by atoms with Gasteiger partial charge in [-0.15, -0.1) is 0 Å². The summed E-state index contributed by atoms with van der Waals surface area (Å²) in [6.07, 6.45) is -4.41. The van der Waals surface area contributed by atoms with E-state index in [9.17, 15) is 13.2 Å². The SMILES string of the molecule is NCc1cc(C(F)(F)F)ccc1Oc1ccc(CO)cc1. The number of aliphatic hydroxyl groups excluding tert-OH is 1. The van der Waals surface area contributed by atoms with Crippen LogP contribution >= 0.6 is 0 Å². The fourth-order valence-corrected chi connectivity index (χ4v) is 1.80. The number of halogens is 3. The van der Waals surface area contributed by atoms with Crippen LogP contribution in [-0.4, -0.2) is 5.11 Å². The highest BCUT2D eigenvalue weighted by molar-refractivity contribution is 5.41. The molecule has 0 unspecified atom stereocenters. The largest absolute Gasteiger partial charge is 0.457 e. The van der Waals surface area contributed by atoms with Crippen molar-refractivity contribution in [2.75, 3.05) is 0 Å². The predicted octanol–water partition coefficient (Wildman–Crippen LogP) is 3.45. The van der Waals surface area contributed by atoms with Gasteiger partial charge in [-0.1, -0.05) is 12.1 Å². The third-order valence-corrected chi connectivity index (χ3v) is 2.94. The molecule has 2 rings (SSSR count). The molecule has 2 aromatic rings. The van der Waals surface area contributed by atoms with Crippen molar-refractivity contribution in [1.82, 2.24) is 0 Å². The minimum absolute atomic E-state index is 0.0615. The summed E-state index contributed by atoms with van der Waals surface area (Å²) >= 11 is 0. The Kier molecular flexibility index (Phi) is 4.50. The Morgan fingerprint density at radius 1 is 1.05 bits per heavy atom. The lowest BCUT2D eigenvalue weighted by Gasteiger charge is -2.13. The van der Waals surface area contributed by atoms with Gasteiger partial charge in [0.2, 0.25) is 0 Å². The fourth-order valence-electron chi connectivity index (χ4n) is 1.80. The highest BCUT2D eigenvalue weighted by Gasteiger charge is 2.31. The van der Waals surface area contributed by atoms with Crippen LogP contribution in [0.4, 0.5) is 13.2 Å². The first-order valence-corrected chi connectivity index (χ1v) is 6.22. The van der Waals surface area contributed by atoms with E-state index in [4.69, 9.17) is 15.6 Å². The molecule has 0 aliphatic heterocycles. The van der Waals surface area contributed by atoms with Gasteiger partial charge in [0.15, 0.2) is 0 Å². The summed E-state index contributed by atoms with van der Waals surface area (Å²) in [5.41, 5.74) is 5.71. The number of nitrogens with two attached hydrogens (primary N) is 1. The Hall–Kier alpha value is -2.05. The van der Waals surface area contributed by atoms with Crippen LogP contribution in [0.15, 0.2) is 42.5 Å². The first kappa shape index (κ1) is 15.3. The highest BCUT2D eigenvalue weighted by Crippen LogP contribution is 2.34. The molecule has 0 amide bonds. The van der Waals surface area contributed by atoms with Crippen molar-refractivity contribution >= 4 is 0 Å². The zero-order valence-electron chi connectivity index (χ0n) is 11.0. The number of aliphatic hydroxyl groups is 1. The Balaban J connectivity index is 2.26. The van der Waals surface area contributed by atoms with Crippen molar-refractivity contribution in [3.63, 3.8) is 0 Å². The third-order valence-electron chi connectivity index (χ3n) is 2.94. The molecule has 2 aromatic carbocycles. The lowest BCUT2D eigenvalue weighted by atomic mass is 10.1. The van der Waals surface area contributed by atoms with E-state index in [0.717, 1.165) is 12.1 Å². The van der Waals surface area contributed by atoms with E-state index in [-0.39, 0.29) is 24.5 Å². The molecular formula is C15H14F3NO2. The Bertz CT molecular complexity index is 609. The molecule has 0 radical (unpaired) electrons. The van der Waals surface area contributed by atoms with Gasteiger partial charge in [0.1, 0.15) is 11.5 Å². The van der Waals surface area contributed by atoms with E-state index in [1.807, 2.05) is 0 Å². The molecule has 21 heavy (non-hydrogen) atoms. The predicted molar refractivity (Wildman–Crippen MR) is 71.8 cm³/mol. The van der Waals surface area contributed by atoms with Gasteiger partial charge in [0.05, 0.1) is 12.2 Å².